The number of Topliss-reactive ketones (excluding diaryl/α,β-unsaturated/α-hetero) is 1. The zero-order valence-electron chi connectivity index (χ0n) is 22.7. The molecule has 0 bridgehead atoms. The molecule has 0 spiro atoms. The monoisotopic (exact) mass is 562 g/mol. The Morgan fingerprint density at radius 1 is 1.20 bits per heavy atom. The largest absolute Gasteiger partial charge is 0.493 e. The van der Waals surface area contributed by atoms with Crippen molar-refractivity contribution in [2.75, 3.05) is 7.11 Å². The van der Waals surface area contributed by atoms with E-state index in [0.717, 1.165) is 29.0 Å². The van der Waals surface area contributed by atoms with Crippen LogP contribution in [0.5, 0.6) is 11.5 Å². The fraction of sp³-hybridized carbons (Fsp3) is 0.367. The number of carboxylic acid groups (broad SMARTS) is 1. The lowest BCUT2D eigenvalue weighted by Crippen LogP contribution is -2.34. The number of carboxylic acids is 1. The Morgan fingerprint density at radius 3 is 2.65 bits per heavy atom. The average molecular weight is 563 g/mol. The number of hydrogen-bond donors (Lipinski definition) is 1. The summed E-state index contributed by atoms with van der Waals surface area (Å²) in [5, 5.41) is 21.4. The zero-order valence-corrected chi connectivity index (χ0v) is 23.5. The highest BCUT2D eigenvalue weighted by Crippen LogP contribution is 2.50. The van der Waals surface area contributed by atoms with Gasteiger partial charge in [0.1, 0.15) is 16.5 Å². The van der Waals surface area contributed by atoms with E-state index in [9.17, 15) is 24.8 Å². The van der Waals surface area contributed by atoms with Crippen LogP contribution in [0.25, 0.3) is 0 Å². The zero-order chi connectivity index (χ0) is 28.8. The number of carbonyl (C=O) groups excluding carboxylic acids is 1. The minimum absolute atomic E-state index is 0.00262. The molecule has 208 valence electrons. The molecule has 2 unspecified atom stereocenters. The number of methoxy groups -OCH3 is 1. The Labute approximate surface area is 235 Å². The average Bonchev–Trinajstić information content (AvgIpc) is 3.50. The van der Waals surface area contributed by atoms with Gasteiger partial charge in [0.15, 0.2) is 17.3 Å². The number of ether oxygens (including phenoxy) is 2. The van der Waals surface area contributed by atoms with Gasteiger partial charge in [-0.3, -0.25) is 14.9 Å². The predicted molar refractivity (Wildman–Crippen MR) is 152 cm³/mol. The number of aromatic carboxylic acids is 1. The van der Waals surface area contributed by atoms with E-state index in [1.54, 1.807) is 32.2 Å². The molecule has 1 fully saturated rings. The third kappa shape index (κ3) is 4.88. The van der Waals surface area contributed by atoms with Gasteiger partial charge in [0.25, 0.3) is 5.69 Å². The second kappa shape index (κ2) is 10.5. The van der Waals surface area contributed by atoms with Crippen molar-refractivity contribution >= 4 is 39.5 Å². The van der Waals surface area contributed by atoms with E-state index in [0.29, 0.717) is 46.0 Å². The smallest absolute Gasteiger partial charge is 0.346 e. The normalized spacial score (nSPS) is 18.1. The maximum absolute atomic E-state index is 13.4. The van der Waals surface area contributed by atoms with Crippen molar-refractivity contribution in [1.82, 2.24) is 0 Å². The van der Waals surface area contributed by atoms with Gasteiger partial charge >= 0.3 is 5.97 Å². The summed E-state index contributed by atoms with van der Waals surface area (Å²) in [6.07, 6.45) is 2.22. The summed E-state index contributed by atoms with van der Waals surface area (Å²) in [4.78, 5) is 41.0. The molecular weight excluding hydrogens is 532 g/mol. The number of benzene rings is 2. The number of nitro groups is 1. The van der Waals surface area contributed by atoms with E-state index in [-0.39, 0.29) is 40.2 Å². The third-order valence-corrected chi connectivity index (χ3v) is 9.15. The van der Waals surface area contributed by atoms with Gasteiger partial charge in [-0.05, 0) is 60.9 Å². The van der Waals surface area contributed by atoms with Crippen LogP contribution in [-0.2, 0) is 13.0 Å². The molecule has 3 aromatic rings. The number of ketones is 1. The maximum atomic E-state index is 13.4. The molecule has 2 aromatic carbocycles. The first-order valence-corrected chi connectivity index (χ1v) is 13.8. The van der Waals surface area contributed by atoms with Gasteiger partial charge in [-0.2, -0.15) is 0 Å². The van der Waals surface area contributed by atoms with Crippen LogP contribution in [0.2, 0.25) is 0 Å². The van der Waals surface area contributed by atoms with Crippen LogP contribution in [0, 0.1) is 34.3 Å². The Morgan fingerprint density at radius 2 is 1.95 bits per heavy atom. The first-order valence-electron chi connectivity index (χ1n) is 13.0. The molecule has 10 heteroatoms. The molecule has 0 saturated heterocycles. The first kappa shape index (κ1) is 27.5. The van der Waals surface area contributed by atoms with Gasteiger partial charge in [0.2, 0.25) is 0 Å². The third-order valence-electron chi connectivity index (χ3n) is 7.98. The van der Waals surface area contributed by atoms with Crippen LogP contribution in [0.1, 0.15) is 63.4 Å². The van der Waals surface area contributed by atoms with Gasteiger partial charge in [-0.15, -0.1) is 11.3 Å². The van der Waals surface area contributed by atoms with Crippen LogP contribution in [-0.4, -0.2) is 34.6 Å². The Kier molecular flexibility index (Phi) is 7.22. The Bertz CT molecular complexity index is 1560. The quantitative estimate of drug-likeness (QED) is 0.224. The van der Waals surface area contributed by atoms with Crippen LogP contribution in [0.15, 0.2) is 47.5 Å². The maximum Gasteiger partial charge on any atom is 0.346 e. The summed E-state index contributed by atoms with van der Waals surface area (Å²) in [5.74, 6) is -0.275. The van der Waals surface area contributed by atoms with Crippen molar-refractivity contribution in [3.05, 3.63) is 79.7 Å². The standard InChI is InChI=1S/C30H30N2O7S/c1-16-24-26(33)19-10-11-20(25(19)31-28(24)40-27(16)29(34)35)30(2,3)14-17-9-12-22(23(13-17)38-4)39-15-18-7-5-6-8-21(18)32(36)37/h5-9,12-13,19-20H,10-11,14-15H2,1-4H3,(H,34,35). The van der Waals surface area contributed by atoms with Gasteiger partial charge < -0.3 is 14.6 Å². The molecule has 0 amide bonds. The molecule has 2 atom stereocenters. The second-order valence-electron chi connectivity index (χ2n) is 10.9. The van der Waals surface area contributed by atoms with Crippen molar-refractivity contribution in [3.8, 4) is 11.5 Å². The second-order valence-corrected chi connectivity index (χ2v) is 11.9. The van der Waals surface area contributed by atoms with E-state index in [1.807, 2.05) is 18.2 Å². The predicted octanol–water partition coefficient (Wildman–Crippen LogP) is 6.81. The fourth-order valence-corrected chi connectivity index (χ4v) is 7.05. The molecule has 1 aliphatic heterocycles. The fourth-order valence-electron chi connectivity index (χ4n) is 6.00. The van der Waals surface area contributed by atoms with Crippen molar-refractivity contribution in [2.24, 2.45) is 22.2 Å². The van der Waals surface area contributed by atoms with Gasteiger partial charge in [-0.1, -0.05) is 32.0 Å². The van der Waals surface area contributed by atoms with Crippen LogP contribution in [0.4, 0.5) is 10.7 Å². The molecule has 40 heavy (non-hydrogen) atoms. The number of thiophene rings is 1. The van der Waals surface area contributed by atoms with E-state index in [2.05, 4.69) is 13.8 Å². The van der Waals surface area contributed by atoms with E-state index in [1.165, 1.54) is 6.07 Å². The highest BCUT2D eigenvalue weighted by Gasteiger charge is 2.47. The highest BCUT2D eigenvalue weighted by atomic mass is 32.1. The molecule has 1 N–H and O–H groups in total. The molecule has 1 aliphatic carbocycles. The van der Waals surface area contributed by atoms with Crippen molar-refractivity contribution in [3.63, 3.8) is 0 Å². The van der Waals surface area contributed by atoms with Crippen LogP contribution in [0.3, 0.4) is 0 Å². The van der Waals surface area contributed by atoms with Crippen molar-refractivity contribution in [2.45, 2.75) is 46.6 Å². The number of fused-ring (bicyclic) bond motifs is 2. The highest BCUT2D eigenvalue weighted by molar-refractivity contribution is 7.18. The Hall–Kier alpha value is -4.05. The number of carbonyl (C=O) groups is 2. The van der Waals surface area contributed by atoms with Crippen LogP contribution >= 0.6 is 11.3 Å². The Balaban J connectivity index is 1.36. The van der Waals surface area contributed by atoms with Crippen molar-refractivity contribution in [1.29, 1.82) is 0 Å². The topological polar surface area (TPSA) is 128 Å². The summed E-state index contributed by atoms with van der Waals surface area (Å²) in [6.45, 7) is 6.05. The summed E-state index contributed by atoms with van der Waals surface area (Å²) in [7, 11) is 1.55. The van der Waals surface area contributed by atoms with Gasteiger partial charge in [0, 0.05) is 17.7 Å². The summed E-state index contributed by atoms with van der Waals surface area (Å²) < 4.78 is 11.5. The molecule has 5 rings (SSSR count). The lowest BCUT2D eigenvalue weighted by Gasteiger charge is -2.34. The SMILES string of the molecule is COc1cc(CC(C)(C)C2CCC3C(=O)c4c(sc(C(=O)O)c4C)N=C32)ccc1OCc1ccccc1[N+](=O)[O-]. The summed E-state index contributed by atoms with van der Waals surface area (Å²) >= 11 is 1.08. The number of para-hydroxylation sites is 1. The van der Waals surface area contributed by atoms with Crippen LogP contribution < -0.4 is 9.47 Å². The number of aliphatic imine (C=N–C) groups is 1. The minimum Gasteiger partial charge on any atom is -0.493 e. The number of hydrogen-bond acceptors (Lipinski definition) is 8. The molecule has 1 aromatic heterocycles. The molecule has 9 nitrogen and oxygen atoms in total. The minimum atomic E-state index is -1.03. The van der Waals surface area contributed by atoms with E-state index in [4.69, 9.17) is 14.5 Å². The summed E-state index contributed by atoms with van der Waals surface area (Å²) in [6, 6.07) is 12.1. The molecule has 0 radical (unpaired) electrons. The molecule has 2 heterocycles. The first-order chi connectivity index (χ1) is 19.0. The number of nitro benzene ring substituents is 1. The molecular formula is C30H30N2O7S. The van der Waals surface area contributed by atoms with Gasteiger partial charge in [0.05, 0.1) is 29.1 Å². The lowest BCUT2D eigenvalue weighted by atomic mass is 9.71. The molecule has 2 aliphatic rings. The summed E-state index contributed by atoms with van der Waals surface area (Å²) in [5.41, 5.74) is 3.09. The van der Waals surface area contributed by atoms with Crippen molar-refractivity contribution < 1.29 is 29.1 Å². The number of rotatable bonds is 9. The van der Waals surface area contributed by atoms with E-state index >= 15 is 0 Å². The lowest BCUT2D eigenvalue weighted by molar-refractivity contribution is -0.385. The van der Waals surface area contributed by atoms with E-state index < -0.39 is 10.9 Å². The number of nitrogens with zero attached hydrogens (tertiary/aromatic N) is 2. The molecule has 1 saturated carbocycles. The van der Waals surface area contributed by atoms with Gasteiger partial charge in [-0.25, -0.2) is 9.79 Å².